The van der Waals surface area contributed by atoms with E-state index in [4.69, 9.17) is 0 Å². The molecule has 4 rings (SSSR count). The summed E-state index contributed by atoms with van der Waals surface area (Å²) >= 11 is 0. The molecule has 1 fully saturated rings. The van der Waals surface area contributed by atoms with Crippen LogP contribution in [0.2, 0.25) is 0 Å². The molecule has 0 aliphatic carbocycles. The van der Waals surface area contributed by atoms with E-state index in [0.717, 1.165) is 16.8 Å². The summed E-state index contributed by atoms with van der Waals surface area (Å²) in [7, 11) is 0. The average Bonchev–Trinajstić information content (AvgIpc) is 2.84. The van der Waals surface area contributed by atoms with Crippen LogP contribution >= 0.6 is 0 Å². The molecule has 5 nitrogen and oxygen atoms in total. The lowest BCUT2D eigenvalue weighted by Gasteiger charge is -2.31. The Labute approximate surface area is 180 Å². The van der Waals surface area contributed by atoms with Gasteiger partial charge in [-0.15, -0.1) is 0 Å². The maximum Gasteiger partial charge on any atom is 0.253 e. The second-order valence-electron chi connectivity index (χ2n) is 7.71. The summed E-state index contributed by atoms with van der Waals surface area (Å²) in [6, 6.07) is 19.4. The molecule has 1 aromatic heterocycles. The van der Waals surface area contributed by atoms with Crippen molar-refractivity contribution in [2.75, 3.05) is 13.1 Å². The smallest absolute Gasteiger partial charge is 0.253 e. The SMILES string of the molecule is O=C(NCc1ccc(F)cc1)C1CCN(C(=O)c2ccnc(-c3ccccc3)c2)CC1. The van der Waals surface area contributed by atoms with Crippen molar-refractivity contribution >= 4 is 11.8 Å². The van der Waals surface area contributed by atoms with Gasteiger partial charge in [-0.25, -0.2) is 4.39 Å². The summed E-state index contributed by atoms with van der Waals surface area (Å²) in [5.74, 6) is -0.476. The first kappa shape index (κ1) is 20.7. The predicted octanol–water partition coefficient (Wildman–Crippen LogP) is 4.06. The highest BCUT2D eigenvalue weighted by Crippen LogP contribution is 2.22. The fourth-order valence-corrected chi connectivity index (χ4v) is 3.79. The molecule has 1 N–H and O–H groups in total. The number of pyridine rings is 1. The van der Waals surface area contributed by atoms with E-state index in [2.05, 4.69) is 10.3 Å². The van der Waals surface area contributed by atoms with Crippen molar-refractivity contribution in [3.63, 3.8) is 0 Å². The first-order chi connectivity index (χ1) is 15.1. The third kappa shape index (κ3) is 5.15. The molecular weight excluding hydrogens is 393 g/mol. The Morgan fingerprint density at radius 3 is 2.42 bits per heavy atom. The lowest BCUT2D eigenvalue weighted by molar-refractivity contribution is -0.126. The Hall–Kier alpha value is -3.54. The largest absolute Gasteiger partial charge is 0.352 e. The summed E-state index contributed by atoms with van der Waals surface area (Å²) in [6.07, 6.45) is 2.90. The zero-order chi connectivity index (χ0) is 21.6. The minimum absolute atomic E-state index is 0.0216. The molecule has 0 spiro atoms. The lowest BCUT2D eigenvalue weighted by Crippen LogP contribution is -2.42. The van der Waals surface area contributed by atoms with Crippen LogP contribution in [0.5, 0.6) is 0 Å². The second-order valence-corrected chi connectivity index (χ2v) is 7.71. The van der Waals surface area contributed by atoms with Crippen LogP contribution in [0.1, 0.15) is 28.8 Å². The van der Waals surface area contributed by atoms with E-state index in [-0.39, 0.29) is 23.5 Å². The standard InChI is InChI=1S/C25H24FN3O2/c26-22-8-6-18(7-9-22)17-28-24(30)20-11-14-29(15-12-20)25(31)21-10-13-27-23(16-21)19-4-2-1-3-5-19/h1-10,13,16,20H,11-12,14-15,17H2,(H,28,30). The predicted molar refractivity (Wildman–Crippen MR) is 117 cm³/mol. The molecule has 0 unspecified atom stereocenters. The molecule has 2 heterocycles. The number of carbonyl (C=O) groups is 2. The normalized spacial score (nSPS) is 14.3. The van der Waals surface area contributed by atoms with Gasteiger partial charge in [-0.1, -0.05) is 42.5 Å². The first-order valence-corrected chi connectivity index (χ1v) is 10.4. The number of piperidine rings is 1. The molecule has 0 bridgehead atoms. The number of amides is 2. The summed E-state index contributed by atoms with van der Waals surface area (Å²) in [6.45, 7) is 1.45. The summed E-state index contributed by atoms with van der Waals surface area (Å²) in [5.41, 5.74) is 3.19. The zero-order valence-corrected chi connectivity index (χ0v) is 17.1. The van der Waals surface area contributed by atoms with Crippen LogP contribution < -0.4 is 5.32 Å². The monoisotopic (exact) mass is 417 g/mol. The molecule has 31 heavy (non-hydrogen) atoms. The van der Waals surface area contributed by atoms with Gasteiger partial charge in [-0.2, -0.15) is 0 Å². The highest BCUT2D eigenvalue weighted by molar-refractivity contribution is 5.95. The molecule has 158 valence electrons. The van der Waals surface area contributed by atoms with Crippen LogP contribution in [-0.2, 0) is 11.3 Å². The van der Waals surface area contributed by atoms with Gasteiger partial charge in [0, 0.05) is 42.9 Å². The van der Waals surface area contributed by atoms with Gasteiger partial charge in [0.05, 0.1) is 5.69 Å². The van der Waals surface area contributed by atoms with Gasteiger partial charge < -0.3 is 10.2 Å². The van der Waals surface area contributed by atoms with Gasteiger partial charge in [-0.05, 0) is 42.7 Å². The van der Waals surface area contributed by atoms with Crippen molar-refractivity contribution in [2.45, 2.75) is 19.4 Å². The van der Waals surface area contributed by atoms with E-state index in [1.165, 1.54) is 12.1 Å². The number of hydrogen-bond donors (Lipinski definition) is 1. The Morgan fingerprint density at radius 2 is 1.71 bits per heavy atom. The van der Waals surface area contributed by atoms with Crippen LogP contribution in [-0.4, -0.2) is 34.8 Å². The summed E-state index contributed by atoms with van der Waals surface area (Å²) in [5, 5.41) is 2.92. The Kier molecular flexibility index (Phi) is 6.36. The number of nitrogens with zero attached hydrogens (tertiary/aromatic N) is 2. The van der Waals surface area contributed by atoms with Gasteiger partial charge >= 0.3 is 0 Å². The molecule has 2 aromatic carbocycles. The highest BCUT2D eigenvalue weighted by Gasteiger charge is 2.27. The van der Waals surface area contributed by atoms with Gasteiger partial charge in [0.1, 0.15) is 5.82 Å². The molecule has 0 saturated carbocycles. The number of rotatable bonds is 5. The number of halogens is 1. The maximum absolute atomic E-state index is 13.0. The lowest BCUT2D eigenvalue weighted by atomic mass is 9.95. The van der Waals surface area contributed by atoms with E-state index in [9.17, 15) is 14.0 Å². The van der Waals surface area contributed by atoms with Crippen molar-refractivity contribution in [2.24, 2.45) is 5.92 Å². The van der Waals surface area contributed by atoms with Gasteiger partial charge in [0.25, 0.3) is 5.91 Å². The van der Waals surface area contributed by atoms with Crippen LogP contribution in [0.25, 0.3) is 11.3 Å². The Bertz CT molecular complexity index is 1050. The van der Waals surface area contributed by atoms with Crippen LogP contribution in [0.15, 0.2) is 72.9 Å². The second kappa shape index (κ2) is 9.51. The highest BCUT2D eigenvalue weighted by atomic mass is 19.1. The summed E-state index contributed by atoms with van der Waals surface area (Å²) < 4.78 is 13.0. The van der Waals surface area contributed by atoms with Crippen molar-refractivity contribution in [3.8, 4) is 11.3 Å². The van der Waals surface area contributed by atoms with Crippen LogP contribution in [0, 0.1) is 11.7 Å². The minimum atomic E-state index is -0.294. The number of aromatic nitrogens is 1. The number of carbonyl (C=O) groups excluding carboxylic acids is 2. The molecule has 1 aliphatic heterocycles. The van der Waals surface area contributed by atoms with Crippen molar-refractivity contribution < 1.29 is 14.0 Å². The number of likely N-dealkylation sites (tertiary alicyclic amines) is 1. The van der Waals surface area contributed by atoms with Crippen molar-refractivity contribution in [1.29, 1.82) is 0 Å². The Balaban J connectivity index is 1.31. The quantitative estimate of drug-likeness (QED) is 0.681. The third-order valence-electron chi connectivity index (χ3n) is 5.61. The fourth-order valence-electron chi connectivity index (χ4n) is 3.79. The molecule has 3 aromatic rings. The number of hydrogen-bond acceptors (Lipinski definition) is 3. The molecule has 6 heteroatoms. The average molecular weight is 417 g/mol. The molecule has 1 aliphatic rings. The maximum atomic E-state index is 13.0. The van der Waals surface area contributed by atoms with Crippen molar-refractivity contribution in [3.05, 3.63) is 89.9 Å². The summed E-state index contributed by atoms with van der Waals surface area (Å²) in [4.78, 5) is 31.6. The molecular formula is C25H24FN3O2. The topological polar surface area (TPSA) is 62.3 Å². The Morgan fingerprint density at radius 1 is 1.00 bits per heavy atom. The van der Waals surface area contributed by atoms with E-state index in [0.29, 0.717) is 38.0 Å². The van der Waals surface area contributed by atoms with E-state index < -0.39 is 0 Å². The molecule has 1 saturated heterocycles. The molecule has 0 radical (unpaired) electrons. The van der Waals surface area contributed by atoms with Crippen molar-refractivity contribution in [1.82, 2.24) is 15.2 Å². The first-order valence-electron chi connectivity index (χ1n) is 10.4. The number of nitrogens with one attached hydrogen (secondary N) is 1. The third-order valence-corrected chi connectivity index (χ3v) is 5.61. The fraction of sp³-hybridized carbons (Fsp3) is 0.240. The minimum Gasteiger partial charge on any atom is -0.352 e. The molecule has 0 atom stereocenters. The van der Waals surface area contributed by atoms with Crippen LogP contribution in [0.4, 0.5) is 4.39 Å². The van der Waals surface area contributed by atoms with E-state index in [1.807, 2.05) is 36.4 Å². The van der Waals surface area contributed by atoms with E-state index >= 15 is 0 Å². The van der Waals surface area contributed by atoms with E-state index in [1.54, 1.807) is 29.3 Å². The van der Waals surface area contributed by atoms with Gasteiger partial charge in [0.15, 0.2) is 0 Å². The van der Waals surface area contributed by atoms with Gasteiger partial charge in [-0.3, -0.25) is 14.6 Å². The number of benzene rings is 2. The van der Waals surface area contributed by atoms with Gasteiger partial charge in [0.2, 0.25) is 5.91 Å². The zero-order valence-electron chi connectivity index (χ0n) is 17.1. The molecule has 2 amide bonds. The van der Waals surface area contributed by atoms with Crippen LogP contribution in [0.3, 0.4) is 0 Å².